The van der Waals surface area contributed by atoms with Crippen molar-refractivity contribution < 1.29 is 4.79 Å². The van der Waals surface area contributed by atoms with Crippen molar-refractivity contribution in [3.63, 3.8) is 0 Å². The Bertz CT molecular complexity index is 1090. The first kappa shape index (κ1) is 18.2. The maximum atomic E-state index is 12.7. The van der Waals surface area contributed by atoms with Crippen LogP contribution < -0.4 is 15.8 Å². The summed E-state index contributed by atoms with van der Waals surface area (Å²) >= 11 is 5.96. The second kappa shape index (κ2) is 7.47. The molecule has 1 N–H and O–H groups in total. The van der Waals surface area contributed by atoms with Gasteiger partial charge in [0.25, 0.3) is 5.56 Å². The zero-order valence-electron chi connectivity index (χ0n) is 15.3. The van der Waals surface area contributed by atoms with Crippen molar-refractivity contribution in [1.82, 2.24) is 19.4 Å². The van der Waals surface area contributed by atoms with Crippen LogP contribution in [0.1, 0.15) is 0 Å². The topological polar surface area (TPSA) is 83.4 Å². The van der Waals surface area contributed by atoms with Crippen molar-refractivity contribution in [2.45, 2.75) is 0 Å². The van der Waals surface area contributed by atoms with Gasteiger partial charge in [0.2, 0.25) is 0 Å². The number of aryl methyl sites for hydroxylation is 1. The number of hydrogen-bond acceptors (Lipinski definition) is 5. The third kappa shape index (κ3) is 3.50. The van der Waals surface area contributed by atoms with Gasteiger partial charge in [0, 0.05) is 50.1 Å². The summed E-state index contributed by atoms with van der Waals surface area (Å²) in [5.74, 6) is 0.387. The highest BCUT2D eigenvalue weighted by molar-refractivity contribution is 6.30. The van der Waals surface area contributed by atoms with Gasteiger partial charge in [-0.15, -0.1) is 0 Å². The number of carbonyl (C=O) groups is 1. The van der Waals surface area contributed by atoms with Gasteiger partial charge in [0.1, 0.15) is 5.52 Å². The Morgan fingerprint density at radius 1 is 1.14 bits per heavy atom. The van der Waals surface area contributed by atoms with Crippen LogP contribution in [0.3, 0.4) is 0 Å². The lowest BCUT2D eigenvalue weighted by Crippen LogP contribution is -2.51. The van der Waals surface area contributed by atoms with E-state index in [1.807, 2.05) is 11.0 Å². The van der Waals surface area contributed by atoms with E-state index in [0.29, 0.717) is 53.9 Å². The minimum Gasteiger partial charge on any atom is -0.348 e. The van der Waals surface area contributed by atoms with E-state index in [0.717, 1.165) is 0 Å². The summed E-state index contributed by atoms with van der Waals surface area (Å²) in [5.41, 5.74) is 1.68. The summed E-state index contributed by atoms with van der Waals surface area (Å²) in [4.78, 5) is 37.5. The summed E-state index contributed by atoms with van der Waals surface area (Å²) in [6.07, 6.45) is 1.64. The molecular formula is C19H19ClN6O2. The predicted molar refractivity (Wildman–Crippen MR) is 109 cm³/mol. The minimum absolute atomic E-state index is 0.189. The number of fused-ring (bicyclic) bond motifs is 1. The molecule has 144 valence electrons. The maximum absolute atomic E-state index is 12.7. The number of aromatic nitrogens is 3. The largest absolute Gasteiger partial charge is 0.348 e. The maximum Gasteiger partial charge on any atom is 0.321 e. The Morgan fingerprint density at radius 3 is 2.68 bits per heavy atom. The molecule has 0 bridgehead atoms. The highest BCUT2D eigenvalue weighted by Crippen LogP contribution is 2.17. The van der Waals surface area contributed by atoms with Gasteiger partial charge in [-0.2, -0.15) is 0 Å². The van der Waals surface area contributed by atoms with Crippen LogP contribution >= 0.6 is 11.6 Å². The lowest BCUT2D eigenvalue weighted by atomic mass is 10.3. The fraction of sp³-hybridized carbons (Fsp3) is 0.263. The minimum atomic E-state index is -0.192. The number of carbonyl (C=O) groups excluding carboxylic acids is 1. The number of nitrogens with one attached hydrogen (secondary N) is 1. The number of rotatable bonds is 2. The number of amides is 2. The number of pyridine rings is 1. The van der Waals surface area contributed by atoms with E-state index in [4.69, 9.17) is 11.6 Å². The molecule has 1 aromatic carbocycles. The SMILES string of the molecule is Cn1c(=O)c(N2CCN(C(=O)Nc3cccc(Cl)c3)CC2)nc2cccnc21. The fourth-order valence-corrected chi connectivity index (χ4v) is 3.43. The van der Waals surface area contributed by atoms with Crippen LogP contribution in [0.5, 0.6) is 0 Å². The van der Waals surface area contributed by atoms with Crippen LogP contribution in [0.4, 0.5) is 16.3 Å². The monoisotopic (exact) mass is 398 g/mol. The Kier molecular flexibility index (Phi) is 4.87. The second-order valence-corrected chi connectivity index (χ2v) is 7.00. The van der Waals surface area contributed by atoms with Gasteiger partial charge in [-0.05, 0) is 30.3 Å². The third-order valence-corrected chi connectivity index (χ3v) is 4.98. The van der Waals surface area contributed by atoms with Gasteiger partial charge < -0.3 is 15.1 Å². The fourth-order valence-electron chi connectivity index (χ4n) is 3.24. The van der Waals surface area contributed by atoms with Crippen molar-refractivity contribution >= 4 is 40.3 Å². The molecule has 0 aliphatic carbocycles. The Labute approximate surface area is 166 Å². The summed E-state index contributed by atoms with van der Waals surface area (Å²) in [7, 11) is 1.69. The summed E-state index contributed by atoms with van der Waals surface area (Å²) < 4.78 is 1.51. The number of piperazine rings is 1. The molecule has 4 rings (SSSR count). The Balaban J connectivity index is 1.47. The van der Waals surface area contributed by atoms with Gasteiger partial charge in [0.05, 0.1) is 0 Å². The van der Waals surface area contributed by atoms with E-state index >= 15 is 0 Å². The molecule has 3 aromatic rings. The molecule has 0 saturated carbocycles. The highest BCUT2D eigenvalue weighted by atomic mass is 35.5. The average molecular weight is 399 g/mol. The zero-order valence-corrected chi connectivity index (χ0v) is 16.1. The van der Waals surface area contributed by atoms with E-state index in [-0.39, 0.29) is 11.6 Å². The molecule has 8 nitrogen and oxygen atoms in total. The lowest BCUT2D eigenvalue weighted by Gasteiger charge is -2.35. The first-order valence-electron chi connectivity index (χ1n) is 8.91. The van der Waals surface area contributed by atoms with Crippen LogP contribution in [0.2, 0.25) is 5.02 Å². The predicted octanol–water partition coefficient (Wildman–Crippen LogP) is 2.34. The third-order valence-electron chi connectivity index (χ3n) is 4.75. The van der Waals surface area contributed by atoms with E-state index in [1.165, 1.54) is 4.57 Å². The normalized spacial score (nSPS) is 14.4. The quantitative estimate of drug-likeness (QED) is 0.716. The zero-order chi connectivity index (χ0) is 19.7. The van der Waals surface area contributed by atoms with E-state index in [9.17, 15) is 9.59 Å². The van der Waals surface area contributed by atoms with Gasteiger partial charge in [-0.25, -0.2) is 14.8 Å². The first-order valence-corrected chi connectivity index (χ1v) is 9.29. The second-order valence-electron chi connectivity index (χ2n) is 6.56. The van der Waals surface area contributed by atoms with Crippen molar-refractivity contribution in [3.05, 3.63) is 58.0 Å². The van der Waals surface area contributed by atoms with Crippen LogP contribution in [0.25, 0.3) is 11.2 Å². The van der Waals surface area contributed by atoms with Gasteiger partial charge >= 0.3 is 6.03 Å². The molecule has 0 atom stereocenters. The molecule has 2 aromatic heterocycles. The van der Waals surface area contributed by atoms with E-state index < -0.39 is 0 Å². The van der Waals surface area contributed by atoms with Crippen LogP contribution in [-0.4, -0.2) is 51.6 Å². The molecule has 1 saturated heterocycles. The van der Waals surface area contributed by atoms with Gasteiger partial charge in [0.15, 0.2) is 11.5 Å². The van der Waals surface area contributed by atoms with Crippen molar-refractivity contribution in [2.24, 2.45) is 7.05 Å². The molecule has 3 heterocycles. The standard InChI is InChI=1S/C19H19ClN6O2/c1-24-16-15(6-3-7-21-16)23-17(18(24)27)25-8-10-26(11-9-25)19(28)22-14-5-2-4-13(20)12-14/h2-7,12H,8-11H2,1H3,(H,22,28). The first-order chi connectivity index (χ1) is 13.5. The molecule has 1 aliphatic heterocycles. The number of nitrogens with zero attached hydrogens (tertiary/aromatic N) is 5. The van der Waals surface area contributed by atoms with Crippen molar-refractivity contribution in [2.75, 3.05) is 36.4 Å². The van der Waals surface area contributed by atoms with Crippen molar-refractivity contribution in [3.8, 4) is 0 Å². The molecule has 9 heteroatoms. The smallest absolute Gasteiger partial charge is 0.321 e. The molecule has 0 spiro atoms. The lowest BCUT2D eigenvalue weighted by molar-refractivity contribution is 0.208. The molecule has 0 radical (unpaired) electrons. The number of anilines is 2. The number of benzene rings is 1. The molecular weight excluding hydrogens is 380 g/mol. The van der Waals surface area contributed by atoms with E-state index in [1.54, 1.807) is 48.5 Å². The molecule has 2 amide bonds. The van der Waals surface area contributed by atoms with Crippen LogP contribution in [0.15, 0.2) is 47.4 Å². The number of hydrogen-bond donors (Lipinski definition) is 1. The van der Waals surface area contributed by atoms with E-state index in [2.05, 4.69) is 15.3 Å². The average Bonchev–Trinajstić information content (AvgIpc) is 2.71. The summed E-state index contributed by atoms with van der Waals surface area (Å²) in [6, 6.07) is 10.5. The van der Waals surface area contributed by atoms with Crippen LogP contribution in [0, 0.1) is 0 Å². The molecule has 1 fully saturated rings. The van der Waals surface area contributed by atoms with Crippen LogP contribution in [-0.2, 0) is 7.05 Å². The summed E-state index contributed by atoms with van der Waals surface area (Å²) in [6.45, 7) is 2.03. The molecule has 1 aliphatic rings. The number of urea groups is 1. The van der Waals surface area contributed by atoms with Gasteiger partial charge in [-0.1, -0.05) is 17.7 Å². The van der Waals surface area contributed by atoms with Crippen molar-refractivity contribution in [1.29, 1.82) is 0 Å². The molecule has 0 unspecified atom stereocenters. The Morgan fingerprint density at radius 2 is 1.93 bits per heavy atom. The van der Waals surface area contributed by atoms with Gasteiger partial charge in [-0.3, -0.25) is 9.36 Å². The molecule has 28 heavy (non-hydrogen) atoms. The summed E-state index contributed by atoms with van der Waals surface area (Å²) in [5, 5.41) is 3.41. The Hall–Kier alpha value is -3.13. The highest BCUT2D eigenvalue weighted by Gasteiger charge is 2.24. The number of halogens is 1.